The fourth-order valence-corrected chi connectivity index (χ4v) is 3.61. The van der Waals surface area contributed by atoms with E-state index in [9.17, 15) is 15.3 Å². The molecule has 3 rings (SSSR count). The van der Waals surface area contributed by atoms with E-state index in [0.29, 0.717) is 11.1 Å². The van der Waals surface area contributed by atoms with Crippen LogP contribution in [-0.4, -0.2) is 37.0 Å². The van der Waals surface area contributed by atoms with E-state index in [4.69, 9.17) is 0 Å². The molecule has 0 aliphatic carbocycles. The molecule has 5 heteroatoms. The molecule has 2 fully saturated rings. The molecule has 2 saturated heterocycles. The zero-order valence-electron chi connectivity index (χ0n) is 13.2. The molecule has 0 saturated carbocycles. The summed E-state index contributed by atoms with van der Waals surface area (Å²) in [4.78, 5) is 16.6. The van der Waals surface area contributed by atoms with Gasteiger partial charge < -0.3 is 9.80 Å². The number of anilines is 1. The number of para-hydroxylation sites is 1. The molecule has 0 bridgehead atoms. The zero-order valence-corrected chi connectivity index (χ0v) is 13.2. The van der Waals surface area contributed by atoms with Gasteiger partial charge in [0, 0.05) is 32.1 Å². The first-order valence-electron chi connectivity index (χ1n) is 8.21. The molecular weight excluding hydrogens is 288 g/mol. The molecule has 0 N–H and O–H groups in total. The maximum Gasteiger partial charge on any atom is 0.225 e. The van der Waals surface area contributed by atoms with E-state index in [2.05, 4.69) is 17.0 Å². The predicted molar refractivity (Wildman–Crippen MR) is 86.6 cm³/mol. The van der Waals surface area contributed by atoms with Gasteiger partial charge in [-0.1, -0.05) is 6.07 Å². The number of rotatable bonds is 2. The van der Waals surface area contributed by atoms with Crippen molar-refractivity contribution in [2.24, 2.45) is 5.92 Å². The van der Waals surface area contributed by atoms with Gasteiger partial charge in [-0.05, 0) is 37.8 Å². The van der Waals surface area contributed by atoms with Crippen LogP contribution in [0.1, 0.15) is 36.8 Å². The molecule has 0 unspecified atom stereocenters. The molecular formula is C18H20N4O. The smallest absolute Gasteiger partial charge is 0.225 e. The predicted octanol–water partition coefficient (Wildman–Crippen LogP) is 2.27. The second kappa shape index (κ2) is 6.71. The summed E-state index contributed by atoms with van der Waals surface area (Å²) in [6, 6.07) is 9.59. The largest absolute Gasteiger partial charge is 0.369 e. The molecule has 5 nitrogen and oxygen atoms in total. The van der Waals surface area contributed by atoms with Gasteiger partial charge in [-0.15, -0.1) is 0 Å². The number of amides is 1. The average molecular weight is 308 g/mol. The summed E-state index contributed by atoms with van der Waals surface area (Å²) in [6.07, 6.45) is 3.82. The summed E-state index contributed by atoms with van der Waals surface area (Å²) in [7, 11) is 0. The van der Waals surface area contributed by atoms with Gasteiger partial charge in [-0.3, -0.25) is 4.79 Å². The van der Waals surface area contributed by atoms with E-state index >= 15 is 0 Å². The molecule has 0 aromatic heterocycles. The molecule has 2 aliphatic heterocycles. The van der Waals surface area contributed by atoms with Crippen LogP contribution in [0.4, 0.5) is 5.69 Å². The Balaban J connectivity index is 1.71. The standard InChI is InChI=1S/C18H20N4O/c19-12-15-4-3-5-16(13-20)17(15)21-10-6-14(7-11-21)18(23)22-8-1-2-9-22/h3-5,14H,1-2,6-11H2. The molecule has 1 aromatic carbocycles. The third-order valence-corrected chi connectivity index (χ3v) is 4.86. The van der Waals surface area contributed by atoms with Crippen molar-refractivity contribution in [2.45, 2.75) is 25.7 Å². The topological polar surface area (TPSA) is 71.1 Å². The second-order valence-electron chi connectivity index (χ2n) is 6.22. The van der Waals surface area contributed by atoms with Crippen molar-refractivity contribution < 1.29 is 4.79 Å². The van der Waals surface area contributed by atoms with E-state index in [1.165, 1.54) is 0 Å². The Morgan fingerprint density at radius 1 is 1.00 bits per heavy atom. The second-order valence-corrected chi connectivity index (χ2v) is 6.22. The van der Waals surface area contributed by atoms with E-state index in [-0.39, 0.29) is 11.8 Å². The number of carbonyl (C=O) groups excluding carboxylic acids is 1. The Morgan fingerprint density at radius 3 is 2.09 bits per heavy atom. The van der Waals surface area contributed by atoms with Gasteiger partial charge in [0.1, 0.15) is 12.1 Å². The lowest BCUT2D eigenvalue weighted by Crippen LogP contribution is -2.42. The Labute approximate surface area is 136 Å². The van der Waals surface area contributed by atoms with Crippen molar-refractivity contribution in [1.82, 2.24) is 4.90 Å². The SMILES string of the molecule is N#Cc1cccc(C#N)c1N1CCC(C(=O)N2CCCC2)CC1. The summed E-state index contributed by atoms with van der Waals surface area (Å²) in [5, 5.41) is 18.6. The molecule has 118 valence electrons. The number of carbonyl (C=O) groups is 1. The van der Waals surface area contributed by atoms with Crippen molar-refractivity contribution in [1.29, 1.82) is 10.5 Å². The summed E-state index contributed by atoms with van der Waals surface area (Å²) >= 11 is 0. The van der Waals surface area contributed by atoms with Crippen LogP contribution in [0.15, 0.2) is 18.2 Å². The molecule has 1 amide bonds. The van der Waals surface area contributed by atoms with Crippen LogP contribution in [0.3, 0.4) is 0 Å². The quantitative estimate of drug-likeness (QED) is 0.840. The van der Waals surface area contributed by atoms with Gasteiger partial charge in [-0.25, -0.2) is 0 Å². The minimum absolute atomic E-state index is 0.0872. The number of hydrogen-bond donors (Lipinski definition) is 0. The van der Waals surface area contributed by atoms with Gasteiger partial charge in [0.25, 0.3) is 0 Å². The van der Waals surface area contributed by atoms with Crippen molar-refractivity contribution in [3.8, 4) is 12.1 Å². The summed E-state index contributed by atoms with van der Waals surface area (Å²) in [6.45, 7) is 3.24. The first-order chi connectivity index (χ1) is 11.2. The van der Waals surface area contributed by atoms with Gasteiger partial charge in [-0.2, -0.15) is 10.5 Å². The molecule has 2 aliphatic rings. The number of piperidine rings is 1. The average Bonchev–Trinajstić information content (AvgIpc) is 3.15. The van der Waals surface area contributed by atoms with E-state index < -0.39 is 0 Å². The number of nitrogens with zero attached hydrogens (tertiary/aromatic N) is 4. The monoisotopic (exact) mass is 308 g/mol. The summed E-state index contributed by atoms with van der Waals surface area (Å²) in [5.74, 6) is 0.375. The Morgan fingerprint density at radius 2 is 1.57 bits per heavy atom. The van der Waals surface area contributed by atoms with Gasteiger partial charge in [0.05, 0.1) is 16.8 Å². The Hall–Kier alpha value is -2.53. The lowest BCUT2D eigenvalue weighted by atomic mass is 9.94. The lowest BCUT2D eigenvalue weighted by molar-refractivity contribution is -0.135. The molecule has 0 radical (unpaired) electrons. The highest BCUT2D eigenvalue weighted by Gasteiger charge is 2.31. The third-order valence-electron chi connectivity index (χ3n) is 4.86. The fraction of sp³-hybridized carbons (Fsp3) is 0.500. The highest BCUT2D eigenvalue weighted by Crippen LogP contribution is 2.30. The number of likely N-dealkylation sites (tertiary alicyclic amines) is 1. The summed E-state index contributed by atoms with van der Waals surface area (Å²) < 4.78 is 0. The highest BCUT2D eigenvalue weighted by molar-refractivity contribution is 5.79. The molecule has 2 heterocycles. The van der Waals surface area contributed by atoms with E-state index in [1.807, 2.05) is 4.90 Å². The first kappa shape index (κ1) is 15.4. The Bertz CT molecular complexity index is 639. The third kappa shape index (κ3) is 3.00. The minimum Gasteiger partial charge on any atom is -0.369 e. The van der Waals surface area contributed by atoms with Gasteiger partial charge in [0.2, 0.25) is 5.91 Å². The lowest BCUT2D eigenvalue weighted by Gasteiger charge is -2.35. The van der Waals surface area contributed by atoms with Crippen LogP contribution in [0.5, 0.6) is 0 Å². The van der Waals surface area contributed by atoms with Gasteiger partial charge >= 0.3 is 0 Å². The molecule has 1 aromatic rings. The van der Waals surface area contributed by atoms with Crippen LogP contribution in [0.25, 0.3) is 0 Å². The van der Waals surface area contributed by atoms with Crippen molar-refractivity contribution in [3.63, 3.8) is 0 Å². The van der Waals surface area contributed by atoms with E-state index in [0.717, 1.165) is 57.5 Å². The van der Waals surface area contributed by atoms with Crippen molar-refractivity contribution in [2.75, 3.05) is 31.1 Å². The fourth-order valence-electron chi connectivity index (χ4n) is 3.61. The Kier molecular flexibility index (Phi) is 4.48. The van der Waals surface area contributed by atoms with Crippen molar-refractivity contribution in [3.05, 3.63) is 29.3 Å². The normalized spacial score (nSPS) is 18.5. The number of benzene rings is 1. The summed E-state index contributed by atoms with van der Waals surface area (Å²) in [5.41, 5.74) is 1.80. The molecule has 0 atom stereocenters. The van der Waals surface area contributed by atoms with Gasteiger partial charge in [0.15, 0.2) is 0 Å². The maximum atomic E-state index is 12.5. The maximum absolute atomic E-state index is 12.5. The van der Waals surface area contributed by atoms with Crippen molar-refractivity contribution >= 4 is 11.6 Å². The number of hydrogen-bond acceptors (Lipinski definition) is 4. The number of nitriles is 2. The van der Waals surface area contributed by atoms with Crippen LogP contribution in [-0.2, 0) is 4.79 Å². The van der Waals surface area contributed by atoms with Crippen LogP contribution >= 0.6 is 0 Å². The minimum atomic E-state index is 0.0872. The zero-order chi connectivity index (χ0) is 16.2. The molecule has 23 heavy (non-hydrogen) atoms. The molecule has 0 spiro atoms. The first-order valence-corrected chi connectivity index (χ1v) is 8.21. The van der Waals surface area contributed by atoms with Crippen LogP contribution in [0.2, 0.25) is 0 Å². The van der Waals surface area contributed by atoms with Crippen LogP contribution in [0, 0.1) is 28.6 Å². The highest BCUT2D eigenvalue weighted by atomic mass is 16.2. The van der Waals surface area contributed by atoms with Crippen LogP contribution < -0.4 is 4.90 Å². The van der Waals surface area contributed by atoms with E-state index in [1.54, 1.807) is 18.2 Å².